The average Bonchev–Trinajstić information content (AvgIpc) is 2.38. The monoisotopic (exact) mass is 268 g/mol. The molecule has 1 aliphatic carbocycles. The maximum Gasteiger partial charge on any atom is -0.0357 e. The van der Waals surface area contributed by atoms with E-state index in [-0.39, 0.29) is 0 Å². The van der Waals surface area contributed by atoms with Gasteiger partial charge >= 0.3 is 0 Å². The topological polar surface area (TPSA) is 0 Å². The van der Waals surface area contributed by atoms with Crippen molar-refractivity contribution in [3.05, 3.63) is 0 Å². The molecule has 19 heavy (non-hydrogen) atoms. The van der Waals surface area contributed by atoms with Crippen molar-refractivity contribution in [2.24, 2.45) is 23.2 Å². The SMILES string of the molecule is CC.CC(CCC(C)C(C)(C)C)CC1CCCCC1. The molecule has 1 saturated carbocycles. The lowest BCUT2D eigenvalue weighted by Gasteiger charge is -2.29. The molecule has 0 aromatic heterocycles. The Labute approximate surface area is 123 Å². The highest BCUT2D eigenvalue weighted by Crippen LogP contribution is 2.33. The summed E-state index contributed by atoms with van der Waals surface area (Å²) in [5.41, 5.74) is 0.491. The van der Waals surface area contributed by atoms with Crippen LogP contribution in [-0.2, 0) is 0 Å². The van der Waals surface area contributed by atoms with E-state index < -0.39 is 0 Å². The largest absolute Gasteiger partial charge is 0.0683 e. The minimum Gasteiger partial charge on any atom is -0.0683 e. The van der Waals surface area contributed by atoms with Gasteiger partial charge in [0.2, 0.25) is 0 Å². The summed E-state index contributed by atoms with van der Waals surface area (Å²) in [7, 11) is 0. The third-order valence-corrected chi connectivity index (χ3v) is 5.03. The van der Waals surface area contributed by atoms with Crippen LogP contribution >= 0.6 is 0 Å². The molecule has 0 heteroatoms. The van der Waals surface area contributed by atoms with Gasteiger partial charge in [-0.15, -0.1) is 0 Å². The molecule has 0 radical (unpaired) electrons. The maximum absolute atomic E-state index is 2.48. The van der Waals surface area contributed by atoms with Gasteiger partial charge in [-0.2, -0.15) is 0 Å². The highest BCUT2D eigenvalue weighted by molar-refractivity contribution is 4.73. The van der Waals surface area contributed by atoms with Gasteiger partial charge in [-0.3, -0.25) is 0 Å². The molecule has 0 N–H and O–H groups in total. The Morgan fingerprint density at radius 2 is 1.42 bits per heavy atom. The molecule has 0 amide bonds. The summed E-state index contributed by atoms with van der Waals surface area (Å²) in [5, 5.41) is 0. The fourth-order valence-corrected chi connectivity index (χ4v) is 3.08. The molecule has 116 valence electrons. The normalized spacial score (nSPS) is 20.4. The maximum atomic E-state index is 2.48. The van der Waals surface area contributed by atoms with E-state index in [1.165, 1.54) is 51.4 Å². The molecule has 0 spiro atoms. The lowest BCUT2D eigenvalue weighted by atomic mass is 9.76. The molecule has 0 aliphatic heterocycles. The summed E-state index contributed by atoms with van der Waals surface area (Å²) < 4.78 is 0. The van der Waals surface area contributed by atoms with Gasteiger partial charge in [0.1, 0.15) is 0 Å². The zero-order valence-electron chi connectivity index (χ0n) is 14.9. The Morgan fingerprint density at radius 1 is 0.895 bits per heavy atom. The summed E-state index contributed by atoms with van der Waals surface area (Å²) in [6.07, 6.45) is 11.9. The van der Waals surface area contributed by atoms with Crippen molar-refractivity contribution >= 4 is 0 Å². The molecular formula is C19H40. The second-order valence-corrected chi connectivity index (χ2v) is 7.69. The second kappa shape index (κ2) is 9.83. The van der Waals surface area contributed by atoms with Crippen LogP contribution in [0.25, 0.3) is 0 Å². The third kappa shape index (κ3) is 8.71. The van der Waals surface area contributed by atoms with E-state index in [1.54, 1.807) is 0 Å². The van der Waals surface area contributed by atoms with Crippen molar-refractivity contribution in [3.8, 4) is 0 Å². The first-order valence-electron chi connectivity index (χ1n) is 8.89. The van der Waals surface area contributed by atoms with Crippen LogP contribution in [0.15, 0.2) is 0 Å². The van der Waals surface area contributed by atoms with Crippen LogP contribution in [0.3, 0.4) is 0 Å². The van der Waals surface area contributed by atoms with Gasteiger partial charge in [0.25, 0.3) is 0 Å². The van der Waals surface area contributed by atoms with Gasteiger partial charge < -0.3 is 0 Å². The lowest BCUT2D eigenvalue weighted by Crippen LogP contribution is -2.18. The summed E-state index contributed by atoms with van der Waals surface area (Å²) in [6.45, 7) is 16.0. The number of hydrogen-bond acceptors (Lipinski definition) is 0. The van der Waals surface area contributed by atoms with Crippen molar-refractivity contribution < 1.29 is 0 Å². The van der Waals surface area contributed by atoms with Crippen LogP contribution in [0.1, 0.15) is 99.8 Å². The first-order valence-corrected chi connectivity index (χ1v) is 8.89. The second-order valence-electron chi connectivity index (χ2n) is 7.69. The van der Waals surface area contributed by atoms with E-state index in [0.717, 1.165) is 17.8 Å². The minimum atomic E-state index is 0.491. The summed E-state index contributed by atoms with van der Waals surface area (Å²) >= 11 is 0. The van der Waals surface area contributed by atoms with Crippen molar-refractivity contribution in [3.63, 3.8) is 0 Å². The Kier molecular flexibility index (Phi) is 9.83. The van der Waals surface area contributed by atoms with E-state index in [2.05, 4.69) is 34.6 Å². The molecule has 2 atom stereocenters. The molecule has 0 bridgehead atoms. The zero-order valence-corrected chi connectivity index (χ0v) is 14.9. The first-order chi connectivity index (χ1) is 8.89. The van der Waals surface area contributed by atoms with Gasteiger partial charge in [-0.1, -0.05) is 87.0 Å². The van der Waals surface area contributed by atoms with Gasteiger partial charge in [-0.25, -0.2) is 0 Å². The standard InChI is InChI=1S/C17H34.C2H6/c1-14(11-12-15(2)17(3,4)5)13-16-9-7-6-8-10-16;1-2/h14-16H,6-13H2,1-5H3;1-2H3. The molecular weight excluding hydrogens is 228 g/mol. The highest BCUT2D eigenvalue weighted by atomic mass is 14.3. The molecule has 0 heterocycles. The molecule has 2 unspecified atom stereocenters. The Hall–Kier alpha value is 0. The molecule has 0 aromatic carbocycles. The summed E-state index contributed by atoms with van der Waals surface area (Å²) in [5.74, 6) is 2.86. The van der Waals surface area contributed by atoms with Crippen molar-refractivity contribution in [2.45, 2.75) is 99.8 Å². The molecule has 1 rings (SSSR count). The fourth-order valence-electron chi connectivity index (χ4n) is 3.08. The Bertz CT molecular complexity index is 193. The Balaban J connectivity index is 0.00000154. The third-order valence-electron chi connectivity index (χ3n) is 5.03. The highest BCUT2D eigenvalue weighted by Gasteiger charge is 2.21. The molecule has 0 aromatic rings. The van der Waals surface area contributed by atoms with Gasteiger partial charge in [0, 0.05) is 0 Å². The molecule has 1 fully saturated rings. The average molecular weight is 269 g/mol. The van der Waals surface area contributed by atoms with Crippen LogP contribution in [0.2, 0.25) is 0 Å². The lowest BCUT2D eigenvalue weighted by molar-refractivity contribution is 0.218. The van der Waals surface area contributed by atoms with Crippen LogP contribution in [0.5, 0.6) is 0 Å². The van der Waals surface area contributed by atoms with E-state index in [1.807, 2.05) is 13.8 Å². The van der Waals surface area contributed by atoms with Crippen molar-refractivity contribution in [1.29, 1.82) is 0 Å². The van der Waals surface area contributed by atoms with Crippen LogP contribution in [0, 0.1) is 23.2 Å². The quantitative estimate of drug-likeness (QED) is 0.499. The smallest absolute Gasteiger partial charge is 0.0357 e. The van der Waals surface area contributed by atoms with E-state index in [0.29, 0.717) is 5.41 Å². The molecule has 0 nitrogen and oxygen atoms in total. The van der Waals surface area contributed by atoms with E-state index in [9.17, 15) is 0 Å². The van der Waals surface area contributed by atoms with Gasteiger partial charge in [0.15, 0.2) is 0 Å². The minimum absolute atomic E-state index is 0.491. The fraction of sp³-hybridized carbons (Fsp3) is 1.00. The first kappa shape index (κ1) is 19.0. The molecule has 0 saturated heterocycles. The Morgan fingerprint density at radius 3 is 1.89 bits per heavy atom. The number of hydrogen-bond donors (Lipinski definition) is 0. The number of rotatable bonds is 5. The van der Waals surface area contributed by atoms with Gasteiger partial charge in [-0.05, 0) is 36.0 Å². The summed E-state index contributed by atoms with van der Waals surface area (Å²) in [4.78, 5) is 0. The molecule has 1 aliphatic rings. The van der Waals surface area contributed by atoms with Crippen LogP contribution < -0.4 is 0 Å². The zero-order chi connectivity index (χ0) is 14.9. The van der Waals surface area contributed by atoms with E-state index >= 15 is 0 Å². The van der Waals surface area contributed by atoms with Crippen LogP contribution in [-0.4, -0.2) is 0 Å². The van der Waals surface area contributed by atoms with Gasteiger partial charge in [0.05, 0.1) is 0 Å². The summed E-state index contributed by atoms with van der Waals surface area (Å²) in [6, 6.07) is 0. The van der Waals surface area contributed by atoms with Crippen LogP contribution in [0.4, 0.5) is 0 Å². The predicted octanol–water partition coefficient (Wildman–Crippen LogP) is 7.08. The van der Waals surface area contributed by atoms with E-state index in [4.69, 9.17) is 0 Å². The predicted molar refractivity (Wildman–Crippen MR) is 89.6 cm³/mol. The van der Waals surface area contributed by atoms with Crippen molar-refractivity contribution in [1.82, 2.24) is 0 Å². The van der Waals surface area contributed by atoms with Crippen molar-refractivity contribution in [2.75, 3.05) is 0 Å².